The Balaban J connectivity index is 2.43. The van der Waals surface area contributed by atoms with E-state index in [-0.39, 0.29) is 12.3 Å². The predicted octanol–water partition coefficient (Wildman–Crippen LogP) is 1.10. The highest BCUT2D eigenvalue weighted by Gasteiger charge is 2.39. The molecule has 6 heteroatoms. The first-order valence-corrected chi connectivity index (χ1v) is 5.38. The van der Waals surface area contributed by atoms with Crippen molar-refractivity contribution in [1.29, 1.82) is 0 Å². The molecule has 1 saturated heterocycles. The highest BCUT2D eigenvalue weighted by molar-refractivity contribution is 5.87. The van der Waals surface area contributed by atoms with Gasteiger partial charge < -0.3 is 15.2 Å². The van der Waals surface area contributed by atoms with Gasteiger partial charge in [0.25, 0.3) is 0 Å². The molecule has 1 aromatic carbocycles. The zero-order valence-corrected chi connectivity index (χ0v) is 9.64. The molecule has 0 saturated carbocycles. The van der Waals surface area contributed by atoms with E-state index in [4.69, 9.17) is 9.84 Å². The molecule has 1 aliphatic heterocycles. The van der Waals surface area contributed by atoms with Gasteiger partial charge in [0.05, 0.1) is 19.1 Å². The molecule has 5 nitrogen and oxygen atoms in total. The van der Waals surface area contributed by atoms with Crippen LogP contribution in [0.5, 0.6) is 5.75 Å². The van der Waals surface area contributed by atoms with Crippen LogP contribution < -0.4 is 10.1 Å². The first-order valence-electron chi connectivity index (χ1n) is 5.38. The number of hydrogen-bond donors (Lipinski definition) is 2. The number of amides is 1. The fourth-order valence-electron chi connectivity index (χ4n) is 2.12. The minimum atomic E-state index is -1.09. The first kappa shape index (κ1) is 12.3. The van der Waals surface area contributed by atoms with Crippen LogP contribution in [0.4, 0.5) is 4.39 Å². The number of methoxy groups -OCH3 is 1. The second kappa shape index (κ2) is 4.64. The highest BCUT2D eigenvalue weighted by Crippen LogP contribution is 2.36. The summed E-state index contributed by atoms with van der Waals surface area (Å²) in [6.07, 6.45) is -0.111. The lowest BCUT2D eigenvalue weighted by Crippen LogP contribution is -2.25. The van der Waals surface area contributed by atoms with E-state index in [1.165, 1.54) is 25.3 Å². The molecule has 0 radical (unpaired) electrons. The third-order valence-electron chi connectivity index (χ3n) is 2.97. The van der Waals surface area contributed by atoms with Crippen LogP contribution in [0.1, 0.15) is 18.0 Å². The normalized spacial score (nSPS) is 22.7. The van der Waals surface area contributed by atoms with E-state index in [1.807, 2.05) is 0 Å². The molecule has 18 heavy (non-hydrogen) atoms. The van der Waals surface area contributed by atoms with E-state index in [1.54, 1.807) is 0 Å². The second-order valence-corrected chi connectivity index (χ2v) is 4.08. The van der Waals surface area contributed by atoms with Gasteiger partial charge in [-0.1, -0.05) is 0 Å². The number of aliphatic carboxylic acids is 1. The smallest absolute Gasteiger partial charge is 0.309 e. The maximum atomic E-state index is 13.2. The van der Waals surface area contributed by atoms with E-state index >= 15 is 0 Å². The summed E-state index contributed by atoms with van der Waals surface area (Å²) in [6.45, 7) is 0. The van der Waals surface area contributed by atoms with Gasteiger partial charge in [0.15, 0.2) is 0 Å². The first-order chi connectivity index (χ1) is 8.52. The van der Waals surface area contributed by atoms with Crippen molar-refractivity contribution >= 4 is 11.9 Å². The van der Waals surface area contributed by atoms with Gasteiger partial charge in [-0.05, 0) is 18.2 Å². The SMILES string of the molecule is COc1ccc(F)cc1C1NC(=O)CC1C(=O)O. The zero-order chi connectivity index (χ0) is 13.3. The predicted molar refractivity (Wildman–Crippen MR) is 59.6 cm³/mol. The summed E-state index contributed by atoms with van der Waals surface area (Å²) in [6, 6.07) is 3.05. The van der Waals surface area contributed by atoms with Crippen LogP contribution in [0.2, 0.25) is 0 Å². The van der Waals surface area contributed by atoms with Gasteiger partial charge in [-0.3, -0.25) is 9.59 Å². The molecule has 96 valence electrons. The number of hydrogen-bond acceptors (Lipinski definition) is 3. The molecule has 1 aliphatic rings. The third-order valence-corrected chi connectivity index (χ3v) is 2.97. The summed E-state index contributed by atoms with van der Waals surface area (Å²) in [4.78, 5) is 22.4. The van der Waals surface area contributed by atoms with Gasteiger partial charge in [-0.25, -0.2) is 4.39 Å². The zero-order valence-electron chi connectivity index (χ0n) is 9.64. The number of halogens is 1. The van der Waals surface area contributed by atoms with Gasteiger partial charge in [0.2, 0.25) is 5.91 Å². The Kier molecular flexibility index (Phi) is 3.18. The largest absolute Gasteiger partial charge is 0.496 e. The van der Waals surface area contributed by atoms with Crippen LogP contribution >= 0.6 is 0 Å². The number of benzene rings is 1. The Morgan fingerprint density at radius 2 is 2.28 bits per heavy atom. The molecule has 1 fully saturated rings. The quantitative estimate of drug-likeness (QED) is 0.845. The van der Waals surface area contributed by atoms with E-state index in [9.17, 15) is 14.0 Å². The van der Waals surface area contributed by atoms with Gasteiger partial charge >= 0.3 is 5.97 Å². The molecule has 1 heterocycles. The Morgan fingerprint density at radius 1 is 1.56 bits per heavy atom. The molecule has 0 aromatic heterocycles. The van der Waals surface area contributed by atoms with Crippen molar-refractivity contribution in [3.05, 3.63) is 29.6 Å². The lowest BCUT2D eigenvalue weighted by Gasteiger charge is -2.18. The van der Waals surface area contributed by atoms with Gasteiger partial charge in [-0.2, -0.15) is 0 Å². The fourth-order valence-corrected chi connectivity index (χ4v) is 2.12. The summed E-state index contributed by atoms with van der Waals surface area (Å²) < 4.78 is 18.3. The summed E-state index contributed by atoms with van der Waals surface area (Å²) in [7, 11) is 1.41. The lowest BCUT2D eigenvalue weighted by atomic mass is 9.93. The standard InChI is InChI=1S/C12H12FNO4/c1-18-9-3-2-6(13)4-7(9)11-8(12(16)17)5-10(15)14-11/h2-4,8,11H,5H2,1H3,(H,14,15)(H,16,17). The van der Waals surface area contributed by atoms with Crippen molar-refractivity contribution in [2.75, 3.05) is 7.11 Å². The topological polar surface area (TPSA) is 75.6 Å². The van der Waals surface area contributed by atoms with Crippen molar-refractivity contribution in [3.63, 3.8) is 0 Å². The number of carboxylic acids is 1. The van der Waals surface area contributed by atoms with E-state index in [0.717, 1.165) is 0 Å². The Hall–Kier alpha value is -2.11. The molecule has 2 rings (SSSR count). The van der Waals surface area contributed by atoms with Gasteiger partial charge in [-0.15, -0.1) is 0 Å². The lowest BCUT2D eigenvalue weighted by molar-refractivity contribution is -0.142. The molecule has 2 unspecified atom stereocenters. The van der Waals surface area contributed by atoms with Crippen LogP contribution in [0, 0.1) is 11.7 Å². The minimum Gasteiger partial charge on any atom is -0.496 e. The monoisotopic (exact) mass is 253 g/mol. The second-order valence-electron chi connectivity index (χ2n) is 4.08. The van der Waals surface area contributed by atoms with Gasteiger partial charge in [0.1, 0.15) is 11.6 Å². The molecule has 1 amide bonds. The molecular weight excluding hydrogens is 241 g/mol. The average molecular weight is 253 g/mol. The third kappa shape index (κ3) is 2.13. The molecule has 0 aliphatic carbocycles. The molecule has 2 N–H and O–H groups in total. The van der Waals surface area contributed by atoms with Crippen molar-refractivity contribution in [3.8, 4) is 5.75 Å². The van der Waals surface area contributed by atoms with Crippen LogP contribution in [-0.2, 0) is 9.59 Å². The number of carboxylic acid groups (broad SMARTS) is 1. The van der Waals surface area contributed by atoms with Crippen molar-refractivity contribution in [1.82, 2.24) is 5.32 Å². The van der Waals surface area contributed by atoms with Crippen molar-refractivity contribution < 1.29 is 23.8 Å². The van der Waals surface area contributed by atoms with Crippen LogP contribution in [0.25, 0.3) is 0 Å². The summed E-state index contributed by atoms with van der Waals surface area (Å²) in [5.74, 6) is -2.51. The molecular formula is C12H12FNO4. The summed E-state index contributed by atoms with van der Waals surface area (Å²) >= 11 is 0. The van der Waals surface area contributed by atoms with Crippen LogP contribution in [0.15, 0.2) is 18.2 Å². The number of nitrogens with one attached hydrogen (secondary N) is 1. The number of ether oxygens (including phenoxy) is 1. The van der Waals surface area contributed by atoms with E-state index in [0.29, 0.717) is 11.3 Å². The average Bonchev–Trinajstić information content (AvgIpc) is 2.71. The Morgan fingerprint density at radius 3 is 2.89 bits per heavy atom. The minimum absolute atomic E-state index is 0.111. The van der Waals surface area contributed by atoms with Crippen molar-refractivity contribution in [2.24, 2.45) is 5.92 Å². The van der Waals surface area contributed by atoms with Gasteiger partial charge in [0, 0.05) is 12.0 Å². The number of carbonyl (C=O) groups is 2. The maximum absolute atomic E-state index is 13.2. The van der Waals surface area contributed by atoms with E-state index in [2.05, 4.69) is 5.32 Å². The highest BCUT2D eigenvalue weighted by atomic mass is 19.1. The summed E-state index contributed by atoms with van der Waals surface area (Å²) in [5.41, 5.74) is 0.343. The fraction of sp³-hybridized carbons (Fsp3) is 0.333. The number of rotatable bonds is 3. The Labute approximate surface area is 103 Å². The summed E-state index contributed by atoms with van der Waals surface area (Å²) in [5, 5.41) is 11.6. The molecule has 0 bridgehead atoms. The van der Waals surface area contributed by atoms with E-state index < -0.39 is 23.7 Å². The Bertz CT molecular complexity index is 503. The molecule has 1 aromatic rings. The molecule has 2 atom stereocenters. The van der Waals surface area contributed by atoms with Crippen LogP contribution in [0.3, 0.4) is 0 Å². The number of carbonyl (C=O) groups excluding carboxylic acids is 1. The van der Waals surface area contributed by atoms with Crippen molar-refractivity contribution in [2.45, 2.75) is 12.5 Å². The van der Waals surface area contributed by atoms with Crippen LogP contribution in [-0.4, -0.2) is 24.1 Å². The maximum Gasteiger partial charge on any atom is 0.309 e. The molecule has 0 spiro atoms.